The van der Waals surface area contributed by atoms with E-state index in [1.54, 1.807) is 6.92 Å². The van der Waals surface area contributed by atoms with Crippen molar-refractivity contribution in [2.75, 3.05) is 25.2 Å². The highest BCUT2D eigenvalue weighted by Crippen LogP contribution is 2.34. The van der Waals surface area contributed by atoms with Gasteiger partial charge in [-0.2, -0.15) is 0 Å². The van der Waals surface area contributed by atoms with Crippen LogP contribution in [0.3, 0.4) is 0 Å². The Bertz CT molecular complexity index is 761. The maximum atomic E-state index is 12.4. The first-order valence-electron chi connectivity index (χ1n) is 7.28. The molecule has 0 saturated carbocycles. The summed E-state index contributed by atoms with van der Waals surface area (Å²) in [6, 6.07) is 1.80. The molecule has 132 valence electrons. The topological polar surface area (TPSA) is 125 Å². The van der Waals surface area contributed by atoms with Crippen molar-refractivity contribution >= 4 is 21.4 Å². The van der Waals surface area contributed by atoms with Gasteiger partial charge in [0.2, 0.25) is 0 Å². The SMILES string of the molecule is CCOc1cc(C(=O)N[C@H]2CCS(=O)(=O)C2)c([N+](=O)[O-])cc1OC. The summed E-state index contributed by atoms with van der Waals surface area (Å²) in [5.41, 5.74) is -0.637. The van der Waals surface area contributed by atoms with Gasteiger partial charge in [-0.3, -0.25) is 14.9 Å². The molecular weight excluding hydrogens is 340 g/mol. The first-order chi connectivity index (χ1) is 11.3. The zero-order valence-corrected chi connectivity index (χ0v) is 14.1. The maximum absolute atomic E-state index is 12.4. The summed E-state index contributed by atoms with van der Waals surface area (Å²) in [6.45, 7) is 2.01. The fourth-order valence-electron chi connectivity index (χ4n) is 2.48. The number of hydrogen-bond donors (Lipinski definition) is 1. The first kappa shape index (κ1) is 18.0. The zero-order valence-electron chi connectivity index (χ0n) is 13.3. The third kappa shape index (κ3) is 3.94. The van der Waals surface area contributed by atoms with E-state index < -0.39 is 32.4 Å². The number of carbonyl (C=O) groups is 1. The van der Waals surface area contributed by atoms with Gasteiger partial charge in [-0.25, -0.2) is 8.42 Å². The van der Waals surface area contributed by atoms with Crippen molar-refractivity contribution in [3.63, 3.8) is 0 Å². The number of nitrogens with zero attached hydrogens (tertiary/aromatic N) is 1. The van der Waals surface area contributed by atoms with E-state index in [4.69, 9.17) is 9.47 Å². The van der Waals surface area contributed by atoms with Gasteiger partial charge in [0.05, 0.1) is 36.2 Å². The zero-order chi connectivity index (χ0) is 17.9. The monoisotopic (exact) mass is 358 g/mol. The van der Waals surface area contributed by atoms with Gasteiger partial charge in [-0.05, 0) is 13.3 Å². The Morgan fingerprint density at radius 2 is 2.12 bits per heavy atom. The molecule has 24 heavy (non-hydrogen) atoms. The molecule has 1 aromatic carbocycles. The minimum absolute atomic E-state index is 0.00709. The molecule has 1 atom stereocenters. The van der Waals surface area contributed by atoms with Crippen molar-refractivity contribution in [1.29, 1.82) is 0 Å². The van der Waals surface area contributed by atoms with Gasteiger partial charge in [0.1, 0.15) is 5.56 Å². The lowest BCUT2D eigenvalue weighted by atomic mass is 10.1. The highest BCUT2D eigenvalue weighted by Gasteiger charge is 2.31. The van der Waals surface area contributed by atoms with Gasteiger partial charge in [-0.15, -0.1) is 0 Å². The third-order valence-corrected chi connectivity index (χ3v) is 5.36. The Labute approximate surface area is 139 Å². The van der Waals surface area contributed by atoms with E-state index in [2.05, 4.69) is 5.32 Å². The van der Waals surface area contributed by atoms with E-state index in [9.17, 15) is 23.3 Å². The predicted molar refractivity (Wildman–Crippen MR) is 85.3 cm³/mol. The molecule has 1 saturated heterocycles. The van der Waals surface area contributed by atoms with Crippen LogP contribution in [0.15, 0.2) is 12.1 Å². The summed E-state index contributed by atoms with van der Waals surface area (Å²) in [5, 5.41) is 13.8. The largest absolute Gasteiger partial charge is 0.493 e. The fraction of sp³-hybridized carbons (Fsp3) is 0.500. The van der Waals surface area contributed by atoms with Gasteiger partial charge in [-0.1, -0.05) is 0 Å². The number of carbonyl (C=O) groups excluding carboxylic acids is 1. The second-order valence-corrected chi connectivity index (χ2v) is 7.51. The minimum atomic E-state index is -3.17. The van der Waals surface area contributed by atoms with Gasteiger partial charge in [0.25, 0.3) is 11.6 Å². The van der Waals surface area contributed by atoms with Crippen LogP contribution in [-0.2, 0) is 9.84 Å². The molecule has 1 aliphatic rings. The van der Waals surface area contributed by atoms with E-state index in [-0.39, 0.29) is 41.6 Å². The molecule has 9 nitrogen and oxygen atoms in total. The standard InChI is InChI=1S/C14H18N2O7S/c1-3-23-13-6-10(11(16(18)19)7-12(13)22-2)14(17)15-9-4-5-24(20,21)8-9/h6-7,9H,3-5,8H2,1-2H3,(H,15,17)/t9-/m0/s1. The average Bonchev–Trinajstić information content (AvgIpc) is 2.85. The number of hydrogen-bond acceptors (Lipinski definition) is 7. The molecule has 1 fully saturated rings. The van der Waals surface area contributed by atoms with Crippen LogP contribution in [-0.4, -0.2) is 50.5 Å². The molecule has 1 aliphatic heterocycles. The van der Waals surface area contributed by atoms with Crippen LogP contribution in [0, 0.1) is 10.1 Å². The molecule has 0 unspecified atom stereocenters. The van der Waals surface area contributed by atoms with Crippen LogP contribution in [0.25, 0.3) is 0 Å². The fourth-order valence-corrected chi connectivity index (χ4v) is 4.16. The summed E-state index contributed by atoms with van der Waals surface area (Å²) < 4.78 is 33.3. The Morgan fingerprint density at radius 1 is 1.42 bits per heavy atom. The van der Waals surface area contributed by atoms with Gasteiger partial charge in [0, 0.05) is 12.1 Å². The Morgan fingerprint density at radius 3 is 2.62 bits per heavy atom. The van der Waals surface area contributed by atoms with Crippen molar-refractivity contribution in [1.82, 2.24) is 5.32 Å². The molecule has 0 radical (unpaired) electrons. The van der Waals surface area contributed by atoms with E-state index in [0.717, 1.165) is 6.07 Å². The summed E-state index contributed by atoms with van der Waals surface area (Å²) in [4.78, 5) is 22.9. The smallest absolute Gasteiger partial charge is 0.286 e. The molecule has 0 spiro atoms. The summed E-state index contributed by atoms with van der Waals surface area (Å²) in [5.74, 6) is -0.542. The number of sulfone groups is 1. The number of nitrogens with one attached hydrogen (secondary N) is 1. The summed E-state index contributed by atoms with van der Waals surface area (Å²) in [6.07, 6.45) is 0.288. The van der Waals surface area contributed by atoms with Gasteiger partial charge >= 0.3 is 0 Å². The Hall–Kier alpha value is -2.36. The Balaban J connectivity index is 2.34. The maximum Gasteiger partial charge on any atom is 0.286 e. The molecule has 1 amide bonds. The van der Waals surface area contributed by atoms with Crippen LogP contribution in [0.4, 0.5) is 5.69 Å². The van der Waals surface area contributed by atoms with E-state index in [1.807, 2.05) is 0 Å². The quantitative estimate of drug-likeness (QED) is 0.592. The molecule has 1 aromatic rings. The number of nitro groups is 1. The second-order valence-electron chi connectivity index (χ2n) is 5.28. The van der Waals surface area contributed by atoms with Crippen molar-refractivity contribution in [2.45, 2.75) is 19.4 Å². The van der Waals surface area contributed by atoms with Gasteiger partial charge in [0.15, 0.2) is 21.3 Å². The number of benzene rings is 1. The van der Waals surface area contributed by atoms with Crippen molar-refractivity contribution < 1.29 is 27.6 Å². The number of methoxy groups -OCH3 is 1. The number of rotatable bonds is 6. The summed E-state index contributed by atoms with van der Waals surface area (Å²) in [7, 11) is -1.83. The average molecular weight is 358 g/mol. The van der Waals surface area contributed by atoms with Crippen molar-refractivity contribution in [2.24, 2.45) is 0 Å². The van der Waals surface area contributed by atoms with Crippen LogP contribution in [0.2, 0.25) is 0 Å². The highest BCUT2D eigenvalue weighted by molar-refractivity contribution is 7.91. The molecule has 1 heterocycles. The minimum Gasteiger partial charge on any atom is -0.493 e. The van der Waals surface area contributed by atoms with Crippen LogP contribution in [0.1, 0.15) is 23.7 Å². The second kappa shape index (κ2) is 7.04. The molecule has 0 aromatic heterocycles. The normalized spacial score (nSPS) is 18.8. The van der Waals surface area contributed by atoms with E-state index >= 15 is 0 Å². The van der Waals surface area contributed by atoms with E-state index in [0.29, 0.717) is 0 Å². The molecular formula is C14H18N2O7S. The van der Waals surface area contributed by atoms with Gasteiger partial charge < -0.3 is 14.8 Å². The molecule has 10 heteroatoms. The van der Waals surface area contributed by atoms with E-state index in [1.165, 1.54) is 13.2 Å². The van der Waals surface area contributed by atoms with Crippen LogP contribution in [0.5, 0.6) is 11.5 Å². The van der Waals surface area contributed by atoms with Crippen LogP contribution >= 0.6 is 0 Å². The molecule has 1 N–H and O–H groups in total. The lowest BCUT2D eigenvalue weighted by Crippen LogP contribution is -2.35. The van der Waals surface area contributed by atoms with Crippen molar-refractivity contribution in [3.05, 3.63) is 27.8 Å². The lowest BCUT2D eigenvalue weighted by molar-refractivity contribution is -0.385. The number of amides is 1. The highest BCUT2D eigenvalue weighted by atomic mass is 32.2. The number of nitro benzene ring substituents is 1. The third-order valence-electron chi connectivity index (χ3n) is 3.59. The molecule has 0 bridgehead atoms. The summed E-state index contributed by atoms with van der Waals surface area (Å²) >= 11 is 0. The predicted octanol–water partition coefficient (Wildman–Crippen LogP) is 0.919. The molecule has 0 aliphatic carbocycles. The number of ether oxygens (including phenoxy) is 2. The van der Waals surface area contributed by atoms with Crippen LogP contribution < -0.4 is 14.8 Å². The molecule has 2 rings (SSSR count). The lowest BCUT2D eigenvalue weighted by Gasteiger charge is -2.14. The first-order valence-corrected chi connectivity index (χ1v) is 9.10. The van der Waals surface area contributed by atoms with Crippen molar-refractivity contribution in [3.8, 4) is 11.5 Å². The Kier molecular flexibility index (Phi) is 5.27.